The maximum Gasteiger partial charge on any atom is 0.0558 e. The Kier molecular flexibility index (Phi) is 6.57. The van der Waals surface area contributed by atoms with Crippen molar-refractivity contribution in [2.45, 2.75) is 27.2 Å². The van der Waals surface area contributed by atoms with E-state index in [0.717, 1.165) is 12.5 Å². The largest absolute Gasteiger partial charge is 0.395 e. The SMILES string of the molecule is CC.C[C@@H]1CCN(CCO)C1. The molecule has 2 nitrogen and oxygen atoms in total. The third-order valence-corrected chi connectivity index (χ3v) is 1.92. The van der Waals surface area contributed by atoms with E-state index >= 15 is 0 Å². The Labute approximate surface area is 70.2 Å². The summed E-state index contributed by atoms with van der Waals surface area (Å²) < 4.78 is 0. The maximum atomic E-state index is 8.57. The average molecular weight is 159 g/mol. The zero-order valence-electron chi connectivity index (χ0n) is 8.01. The van der Waals surface area contributed by atoms with Crippen LogP contribution >= 0.6 is 0 Å². The van der Waals surface area contributed by atoms with Gasteiger partial charge in [0.2, 0.25) is 0 Å². The van der Waals surface area contributed by atoms with Gasteiger partial charge >= 0.3 is 0 Å². The van der Waals surface area contributed by atoms with E-state index in [9.17, 15) is 0 Å². The van der Waals surface area contributed by atoms with Crippen molar-refractivity contribution >= 4 is 0 Å². The van der Waals surface area contributed by atoms with Crippen molar-refractivity contribution < 1.29 is 5.11 Å². The molecular formula is C9H21NO. The zero-order chi connectivity index (χ0) is 8.69. The highest BCUT2D eigenvalue weighted by Gasteiger charge is 2.16. The van der Waals surface area contributed by atoms with Gasteiger partial charge in [0.25, 0.3) is 0 Å². The van der Waals surface area contributed by atoms with Gasteiger partial charge in [-0.25, -0.2) is 0 Å². The normalized spacial score (nSPS) is 24.5. The van der Waals surface area contributed by atoms with Crippen molar-refractivity contribution in [1.29, 1.82) is 0 Å². The summed E-state index contributed by atoms with van der Waals surface area (Å²) in [4.78, 5) is 2.31. The summed E-state index contributed by atoms with van der Waals surface area (Å²) in [6.07, 6.45) is 1.31. The van der Waals surface area contributed by atoms with Crippen LogP contribution in [-0.4, -0.2) is 36.2 Å². The van der Waals surface area contributed by atoms with E-state index in [1.807, 2.05) is 13.8 Å². The molecule has 0 saturated carbocycles. The molecular weight excluding hydrogens is 138 g/mol. The minimum atomic E-state index is 0.312. The van der Waals surface area contributed by atoms with E-state index in [4.69, 9.17) is 5.11 Å². The Balaban J connectivity index is 0.000000461. The van der Waals surface area contributed by atoms with Crippen LogP contribution in [-0.2, 0) is 0 Å². The van der Waals surface area contributed by atoms with Crippen LogP contribution in [0, 0.1) is 5.92 Å². The molecule has 0 unspecified atom stereocenters. The molecule has 0 radical (unpaired) electrons. The molecule has 68 valence electrons. The van der Waals surface area contributed by atoms with Crippen LogP contribution in [0.15, 0.2) is 0 Å². The minimum absolute atomic E-state index is 0.312. The molecule has 0 bridgehead atoms. The minimum Gasteiger partial charge on any atom is -0.395 e. The Morgan fingerprint density at radius 3 is 2.45 bits per heavy atom. The fourth-order valence-electron chi connectivity index (χ4n) is 1.37. The molecule has 1 saturated heterocycles. The zero-order valence-corrected chi connectivity index (χ0v) is 8.01. The van der Waals surface area contributed by atoms with Gasteiger partial charge in [0.05, 0.1) is 6.61 Å². The first kappa shape index (κ1) is 10.9. The first-order valence-electron chi connectivity index (χ1n) is 4.66. The molecule has 0 spiro atoms. The predicted molar refractivity (Wildman–Crippen MR) is 48.7 cm³/mol. The molecule has 2 heteroatoms. The summed E-state index contributed by atoms with van der Waals surface area (Å²) in [5.41, 5.74) is 0. The van der Waals surface area contributed by atoms with Crippen LogP contribution in [0.25, 0.3) is 0 Å². The van der Waals surface area contributed by atoms with Gasteiger partial charge in [-0.1, -0.05) is 20.8 Å². The molecule has 1 atom stereocenters. The Bertz CT molecular complexity index is 83.6. The van der Waals surface area contributed by atoms with E-state index < -0.39 is 0 Å². The number of rotatable bonds is 2. The predicted octanol–water partition coefficient (Wildman–Crippen LogP) is 1.35. The fourth-order valence-corrected chi connectivity index (χ4v) is 1.37. The standard InChI is InChI=1S/C7H15NO.C2H6/c1-7-2-3-8(6-7)4-5-9;1-2/h7,9H,2-6H2,1H3;1-2H3/t7-;/m1./s1. The van der Waals surface area contributed by atoms with Gasteiger partial charge < -0.3 is 10.0 Å². The Morgan fingerprint density at radius 2 is 2.09 bits per heavy atom. The van der Waals surface area contributed by atoms with Gasteiger partial charge in [-0.2, -0.15) is 0 Å². The highest BCUT2D eigenvalue weighted by molar-refractivity contribution is 4.71. The second kappa shape index (κ2) is 6.62. The number of likely N-dealkylation sites (tertiary alicyclic amines) is 1. The molecule has 11 heavy (non-hydrogen) atoms. The average Bonchev–Trinajstić information content (AvgIpc) is 2.41. The highest BCUT2D eigenvalue weighted by atomic mass is 16.3. The van der Waals surface area contributed by atoms with Crippen molar-refractivity contribution in [3.05, 3.63) is 0 Å². The molecule has 1 fully saturated rings. The van der Waals surface area contributed by atoms with Crippen molar-refractivity contribution in [3.63, 3.8) is 0 Å². The van der Waals surface area contributed by atoms with Crippen LogP contribution in [0.1, 0.15) is 27.2 Å². The molecule has 0 aliphatic carbocycles. The molecule has 0 aromatic rings. The van der Waals surface area contributed by atoms with Crippen molar-refractivity contribution in [2.75, 3.05) is 26.2 Å². The highest BCUT2D eigenvalue weighted by Crippen LogP contribution is 2.13. The lowest BCUT2D eigenvalue weighted by molar-refractivity contribution is 0.218. The van der Waals surface area contributed by atoms with Gasteiger partial charge in [-0.3, -0.25) is 0 Å². The molecule has 0 aromatic carbocycles. The number of aliphatic hydroxyl groups excluding tert-OH is 1. The molecule has 1 N–H and O–H groups in total. The van der Waals surface area contributed by atoms with Crippen LogP contribution in [0.3, 0.4) is 0 Å². The third kappa shape index (κ3) is 4.38. The lowest BCUT2D eigenvalue weighted by Crippen LogP contribution is -2.23. The summed E-state index contributed by atoms with van der Waals surface area (Å²) in [6.45, 7) is 9.80. The Hall–Kier alpha value is -0.0800. The summed E-state index contributed by atoms with van der Waals surface area (Å²) in [5.74, 6) is 0.844. The lowest BCUT2D eigenvalue weighted by Gasteiger charge is -2.11. The number of β-amino-alcohol motifs (C(OH)–C–C–N with tert-alkyl or cyclic N) is 1. The summed E-state index contributed by atoms with van der Waals surface area (Å²) in [5, 5.41) is 8.57. The van der Waals surface area contributed by atoms with Gasteiger partial charge in [-0.15, -0.1) is 0 Å². The number of nitrogens with zero attached hydrogens (tertiary/aromatic N) is 1. The van der Waals surface area contributed by atoms with Crippen molar-refractivity contribution in [1.82, 2.24) is 4.90 Å². The Morgan fingerprint density at radius 1 is 1.45 bits per heavy atom. The summed E-state index contributed by atoms with van der Waals surface area (Å²) in [6, 6.07) is 0. The van der Waals surface area contributed by atoms with Crippen LogP contribution in [0.5, 0.6) is 0 Å². The summed E-state index contributed by atoms with van der Waals surface area (Å²) in [7, 11) is 0. The molecule has 1 heterocycles. The van der Waals surface area contributed by atoms with Crippen LogP contribution in [0.4, 0.5) is 0 Å². The molecule has 1 aliphatic heterocycles. The van der Waals surface area contributed by atoms with Gasteiger partial charge in [0.15, 0.2) is 0 Å². The molecule has 0 amide bonds. The number of hydrogen-bond donors (Lipinski definition) is 1. The van der Waals surface area contributed by atoms with E-state index in [0.29, 0.717) is 6.61 Å². The topological polar surface area (TPSA) is 23.5 Å². The van der Waals surface area contributed by atoms with E-state index in [-0.39, 0.29) is 0 Å². The maximum absolute atomic E-state index is 8.57. The second-order valence-corrected chi connectivity index (χ2v) is 2.92. The smallest absolute Gasteiger partial charge is 0.0558 e. The second-order valence-electron chi connectivity index (χ2n) is 2.92. The summed E-state index contributed by atoms with van der Waals surface area (Å²) >= 11 is 0. The quantitative estimate of drug-likeness (QED) is 0.657. The van der Waals surface area contributed by atoms with Gasteiger partial charge in [0.1, 0.15) is 0 Å². The van der Waals surface area contributed by atoms with E-state index in [2.05, 4.69) is 11.8 Å². The first-order chi connectivity index (χ1) is 5.33. The van der Waals surface area contributed by atoms with Crippen LogP contribution in [0.2, 0.25) is 0 Å². The first-order valence-corrected chi connectivity index (χ1v) is 4.66. The molecule has 1 rings (SSSR count). The van der Waals surface area contributed by atoms with Crippen molar-refractivity contribution in [2.24, 2.45) is 5.92 Å². The lowest BCUT2D eigenvalue weighted by atomic mass is 10.2. The van der Waals surface area contributed by atoms with Crippen molar-refractivity contribution in [3.8, 4) is 0 Å². The number of aliphatic hydroxyl groups is 1. The van der Waals surface area contributed by atoms with E-state index in [1.54, 1.807) is 0 Å². The third-order valence-electron chi connectivity index (χ3n) is 1.92. The van der Waals surface area contributed by atoms with Gasteiger partial charge in [-0.05, 0) is 18.9 Å². The fraction of sp³-hybridized carbons (Fsp3) is 1.00. The molecule has 0 aromatic heterocycles. The monoisotopic (exact) mass is 159 g/mol. The number of hydrogen-bond acceptors (Lipinski definition) is 2. The van der Waals surface area contributed by atoms with E-state index in [1.165, 1.54) is 19.5 Å². The van der Waals surface area contributed by atoms with Crippen LogP contribution < -0.4 is 0 Å². The van der Waals surface area contributed by atoms with Gasteiger partial charge in [0, 0.05) is 13.1 Å². The molecule has 1 aliphatic rings.